The third kappa shape index (κ3) is 5.56. The number of thiazole rings is 1. The lowest BCUT2D eigenvalue weighted by atomic mass is 10.1. The lowest BCUT2D eigenvalue weighted by molar-refractivity contribution is -0.148. The maximum atomic E-state index is 12.1. The van der Waals surface area contributed by atoms with Gasteiger partial charge in [-0.15, -0.1) is 11.3 Å². The molecule has 25 heavy (non-hydrogen) atoms. The molecular weight excluding hydrogens is 338 g/mol. The fourth-order valence-corrected chi connectivity index (χ4v) is 3.01. The number of anilines is 1. The Morgan fingerprint density at radius 2 is 2.00 bits per heavy atom. The highest BCUT2D eigenvalue weighted by Gasteiger charge is 2.17. The zero-order valence-electron chi connectivity index (χ0n) is 14.7. The molecule has 0 aliphatic heterocycles. The van der Waals surface area contributed by atoms with Crippen molar-refractivity contribution in [3.8, 4) is 11.3 Å². The number of ether oxygens (including phenoxy) is 1. The topological polar surface area (TPSA) is 94.3 Å². The second-order valence-corrected chi connectivity index (χ2v) is 7.02. The van der Waals surface area contributed by atoms with Gasteiger partial charge in [-0.3, -0.25) is 9.59 Å². The SMILES string of the molecule is CC[C@H](C)NC(=O)COC(=O)Cc1sc(N)nc1-c1ccc(C)cc1. The molecular formula is C18H23N3O3S. The van der Waals surface area contributed by atoms with Crippen molar-refractivity contribution < 1.29 is 14.3 Å². The predicted octanol–water partition coefficient (Wildman–Crippen LogP) is 2.70. The number of nitrogen functional groups attached to an aromatic ring is 1. The van der Waals surface area contributed by atoms with Crippen molar-refractivity contribution in [2.45, 2.75) is 39.7 Å². The van der Waals surface area contributed by atoms with Crippen LogP contribution in [0.5, 0.6) is 0 Å². The lowest BCUT2D eigenvalue weighted by Crippen LogP contribution is -2.35. The summed E-state index contributed by atoms with van der Waals surface area (Å²) in [5, 5.41) is 3.15. The number of nitrogens with zero attached hydrogens (tertiary/aromatic N) is 1. The third-order valence-corrected chi connectivity index (χ3v) is 4.61. The van der Waals surface area contributed by atoms with E-state index in [0.29, 0.717) is 10.8 Å². The molecule has 134 valence electrons. The van der Waals surface area contributed by atoms with Crippen molar-refractivity contribution in [3.63, 3.8) is 0 Å². The van der Waals surface area contributed by atoms with Crippen LogP contribution in [-0.4, -0.2) is 29.5 Å². The van der Waals surface area contributed by atoms with Gasteiger partial charge in [-0.1, -0.05) is 36.8 Å². The monoisotopic (exact) mass is 361 g/mol. The average molecular weight is 361 g/mol. The Bertz CT molecular complexity index is 741. The van der Waals surface area contributed by atoms with Gasteiger partial charge in [0.05, 0.1) is 12.1 Å². The molecule has 1 aromatic carbocycles. The molecule has 0 fully saturated rings. The number of esters is 1. The molecule has 6 nitrogen and oxygen atoms in total. The number of carbonyl (C=O) groups is 2. The third-order valence-electron chi connectivity index (χ3n) is 3.73. The van der Waals surface area contributed by atoms with Crippen LogP contribution in [0.1, 0.15) is 30.7 Å². The number of amides is 1. The van der Waals surface area contributed by atoms with Crippen LogP contribution in [0.2, 0.25) is 0 Å². The van der Waals surface area contributed by atoms with E-state index in [0.717, 1.165) is 22.4 Å². The fraction of sp³-hybridized carbons (Fsp3) is 0.389. The van der Waals surface area contributed by atoms with Crippen molar-refractivity contribution in [1.29, 1.82) is 0 Å². The number of hydrogen-bond donors (Lipinski definition) is 2. The summed E-state index contributed by atoms with van der Waals surface area (Å²) in [6.45, 7) is 5.59. The van der Waals surface area contributed by atoms with Crippen LogP contribution < -0.4 is 11.1 Å². The molecule has 1 aromatic heterocycles. The van der Waals surface area contributed by atoms with Crippen LogP contribution in [0.25, 0.3) is 11.3 Å². The minimum Gasteiger partial charge on any atom is -0.455 e. The van der Waals surface area contributed by atoms with Gasteiger partial charge in [0.1, 0.15) is 0 Å². The molecule has 7 heteroatoms. The smallest absolute Gasteiger partial charge is 0.311 e. The van der Waals surface area contributed by atoms with E-state index in [1.807, 2.05) is 45.0 Å². The Labute approximate surface area is 151 Å². The van der Waals surface area contributed by atoms with Crippen molar-refractivity contribution in [2.75, 3.05) is 12.3 Å². The molecule has 0 aliphatic carbocycles. The molecule has 2 aromatic rings. The molecule has 0 unspecified atom stereocenters. The summed E-state index contributed by atoms with van der Waals surface area (Å²) in [6.07, 6.45) is 0.856. The standard InChI is InChI=1S/C18H23N3O3S/c1-4-12(3)20-15(22)10-24-16(23)9-14-17(21-18(19)25-14)13-7-5-11(2)6-8-13/h5-8,12H,4,9-10H2,1-3H3,(H2,19,21)(H,20,22)/t12-/m0/s1. The molecule has 3 N–H and O–H groups in total. The van der Waals surface area contributed by atoms with Gasteiger partial charge in [0.2, 0.25) is 0 Å². The maximum absolute atomic E-state index is 12.1. The minimum atomic E-state index is -0.476. The van der Waals surface area contributed by atoms with Crippen molar-refractivity contribution >= 4 is 28.3 Å². The van der Waals surface area contributed by atoms with Gasteiger partial charge in [-0.2, -0.15) is 0 Å². The molecule has 1 amide bonds. The van der Waals surface area contributed by atoms with Crippen LogP contribution in [0, 0.1) is 6.92 Å². The van der Waals surface area contributed by atoms with Gasteiger partial charge in [0.15, 0.2) is 11.7 Å². The van der Waals surface area contributed by atoms with Gasteiger partial charge >= 0.3 is 5.97 Å². The number of carbonyl (C=O) groups excluding carboxylic acids is 2. The molecule has 1 atom stereocenters. The minimum absolute atomic E-state index is 0.0364. The summed E-state index contributed by atoms with van der Waals surface area (Å²) in [5.41, 5.74) is 8.53. The number of rotatable bonds is 7. The summed E-state index contributed by atoms with van der Waals surface area (Å²) in [7, 11) is 0. The van der Waals surface area contributed by atoms with Gasteiger partial charge in [0.25, 0.3) is 5.91 Å². The van der Waals surface area contributed by atoms with Gasteiger partial charge < -0.3 is 15.8 Å². The van der Waals surface area contributed by atoms with Crippen molar-refractivity contribution in [2.24, 2.45) is 0 Å². The molecule has 0 radical (unpaired) electrons. The molecule has 2 rings (SSSR count). The van der Waals surface area contributed by atoms with Crippen LogP contribution in [-0.2, 0) is 20.7 Å². The van der Waals surface area contributed by atoms with Gasteiger partial charge in [-0.25, -0.2) is 4.98 Å². The van der Waals surface area contributed by atoms with E-state index in [4.69, 9.17) is 10.5 Å². The number of nitrogens with one attached hydrogen (secondary N) is 1. The second-order valence-electron chi connectivity index (χ2n) is 5.90. The molecule has 0 spiro atoms. The van der Waals surface area contributed by atoms with E-state index in [1.54, 1.807) is 0 Å². The van der Waals surface area contributed by atoms with Gasteiger partial charge in [0, 0.05) is 16.5 Å². The van der Waals surface area contributed by atoms with Crippen LogP contribution >= 0.6 is 11.3 Å². The zero-order valence-corrected chi connectivity index (χ0v) is 15.5. The van der Waals surface area contributed by atoms with Crippen molar-refractivity contribution in [3.05, 3.63) is 34.7 Å². The van der Waals surface area contributed by atoms with E-state index in [-0.39, 0.29) is 25.0 Å². The number of aryl methyl sites for hydroxylation is 1. The van der Waals surface area contributed by atoms with Crippen LogP contribution in [0.15, 0.2) is 24.3 Å². The predicted molar refractivity (Wildman–Crippen MR) is 99.3 cm³/mol. The van der Waals surface area contributed by atoms with E-state index >= 15 is 0 Å². The molecule has 1 heterocycles. The van der Waals surface area contributed by atoms with Crippen molar-refractivity contribution in [1.82, 2.24) is 10.3 Å². The van der Waals surface area contributed by atoms with E-state index in [1.165, 1.54) is 11.3 Å². The number of aromatic nitrogens is 1. The number of nitrogens with two attached hydrogens (primary N) is 1. The summed E-state index contributed by atoms with van der Waals surface area (Å²) in [6, 6.07) is 7.90. The quantitative estimate of drug-likeness (QED) is 0.740. The fourth-order valence-electron chi connectivity index (χ4n) is 2.17. The van der Waals surface area contributed by atoms with E-state index < -0.39 is 5.97 Å². The first-order chi connectivity index (χ1) is 11.9. The maximum Gasteiger partial charge on any atom is 0.311 e. The summed E-state index contributed by atoms with van der Waals surface area (Å²) < 4.78 is 5.06. The highest BCUT2D eigenvalue weighted by Crippen LogP contribution is 2.30. The normalized spacial score (nSPS) is 11.8. The number of benzene rings is 1. The summed E-state index contributed by atoms with van der Waals surface area (Å²) in [4.78, 5) is 28.8. The zero-order chi connectivity index (χ0) is 18.4. The van der Waals surface area contributed by atoms with E-state index in [2.05, 4.69) is 10.3 Å². The van der Waals surface area contributed by atoms with Crippen LogP contribution in [0.3, 0.4) is 0 Å². The van der Waals surface area contributed by atoms with E-state index in [9.17, 15) is 9.59 Å². The molecule has 0 aliphatic rings. The Kier molecular flexibility index (Phi) is 6.52. The largest absolute Gasteiger partial charge is 0.455 e. The lowest BCUT2D eigenvalue weighted by Gasteiger charge is -2.11. The Hall–Kier alpha value is -2.41. The summed E-state index contributed by atoms with van der Waals surface area (Å²) in [5.74, 6) is -0.776. The highest BCUT2D eigenvalue weighted by molar-refractivity contribution is 7.15. The Balaban J connectivity index is 1.99. The second kappa shape index (κ2) is 8.62. The van der Waals surface area contributed by atoms with Gasteiger partial charge in [-0.05, 0) is 20.3 Å². The first-order valence-electron chi connectivity index (χ1n) is 8.16. The molecule has 0 saturated carbocycles. The Morgan fingerprint density at radius 3 is 2.64 bits per heavy atom. The first-order valence-corrected chi connectivity index (χ1v) is 8.98. The summed E-state index contributed by atoms with van der Waals surface area (Å²) >= 11 is 1.26. The average Bonchev–Trinajstić information content (AvgIpc) is 2.93. The Morgan fingerprint density at radius 1 is 1.32 bits per heavy atom. The molecule has 0 bridgehead atoms. The molecule has 0 saturated heterocycles. The highest BCUT2D eigenvalue weighted by atomic mass is 32.1. The van der Waals surface area contributed by atoms with Crippen LogP contribution in [0.4, 0.5) is 5.13 Å². The number of hydrogen-bond acceptors (Lipinski definition) is 6. The first kappa shape index (κ1) is 18.9.